The van der Waals surface area contributed by atoms with E-state index in [4.69, 9.17) is 0 Å². The van der Waals surface area contributed by atoms with Gasteiger partial charge in [-0.3, -0.25) is 9.59 Å². The Hall–Kier alpha value is -3.32. The van der Waals surface area contributed by atoms with Gasteiger partial charge in [-0.2, -0.15) is 9.50 Å². The zero-order valence-corrected chi connectivity index (χ0v) is 17.6. The quantitative estimate of drug-likeness (QED) is 0.512. The van der Waals surface area contributed by atoms with Crippen LogP contribution in [-0.4, -0.2) is 27.0 Å². The van der Waals surface area contributed by atoms with Gasteiger partial charge in [0.25, 0.3) is 11.5 Å². The fourth-order valence-corrected chi connectivity index (χ4v) is 4.83. The number of carbonyl (C=O) groups is 1. The van der Waals surface area contributed by atoms with Crippen molar-refractivity contribution in [3.05, 3.63) is 74.5 Å². The molecule has 0 spiro atoms. The summed E-state index contributed by atoms with van der Waals surface area (Å²) in [7, 11) is 0. The van der Waals surface area contributed by atoms with Gasteiger partial charge in [-0.15, -0.1) is 5.10 Å². The molecule has 1 amide bonds. The van der Waals surface area contributed by atoms with E-state index in [-0.39, 0.29) is 11.5 Å². The van der Waals surface area contributed by atoms with Gasteiger partial charge in [0.1, 0.15) is 4.53 Å². The Morgan fingerprint density at radius 2 is 1.90 bits per heavy atom. The lowest BCUT2D eigenvalue weighted by Gasteiger charge is -2.16. The van der Waals surface area contributed by atoms with Gasteiger partial charge in [0.15, 0.2) is 5.82 Å². The molecule has 30 heavy (non-hydrogen) atoms. The summed E-state index contributed by atoms with van der Waals surface area (Å²) in [6.07, 6.45) is 1.90. The summed E-state index contributed by atoms with van der Waals surface area (Å²) in [5.74, 6) is 0.395. The number of aryl methyl sites for hydroxylation is 1. The maximum Gasteiger partial charge on any atom is 0.291 e. The highest BCUT2D eigenvalue weighted by Gasteiger charge is 2.33. The van der Waals surface area contributed by atoms with Crippen molar-refractivity contribution in [2.45, 2.75) is 26.7 Å². The molecule has 0 saturated carbocycles. The Bertz CT molecular complexity index is 1400. The number of benzene rings is 2. The average molecular weight is 417 g/mol. The second-order valence-electron chi connectivity index (χ2n) is 7.44. The van der Waals surface area contributed by atoms with Crippen molar-refractivity contribution in [2.75, 3.05) is 11.4 Å². The van der Waals surface area contributed by atoms with Crippen LogP contribution >= 0.6 is 11.3 Å². The molecular formula is C23H20N4O2S. The van der Waals surface area contributed by atoms with E-state index in [0.717, 1.165) is 35.2 Å². The first-order valence-corrected chi connectivity index (χ1v) is 10.8. The van der Waals surface area contributed by atoms with Crippen molar-refractivity contribution in [3.63, 3.8) is 0 Å². The highest BCUT2D eigenvalue weighted by molar-refractivity contribution is 7.15. The number of fused-ring (bicyclic) bond motifs is 2. The third-order valence-electron chi connectivity index (χ3n) is 5.32. The van der Waals surface area contributed by atoms with E-state index < -0.39 is 0 Å². The molecule has 2 aromatic carbocycles. The molecule has 0 fully saturated rings. The van der Waals surface area contributed by atoms with Gasteiger partial charge in [0.2, 0.25) is 4.96 Å². The first-order valence-electron chi connectivity index (χ1n) is 10.0. The lowest BCUT2D eigenvalue weighted by atomic mass is 10.1. The van der Waals surface area contributed by atoms with Gasteiger partial charge in [-0.1, -0.05) is 66.6 Å². The number of amides is 1. The number of hydrogen-bond donors (Lipinski definition) is 0. The number of rotatable bonds is 4. The van der Waals surface area contributed by atoms with Crippen LogP contribution in [0, 0.1) is 6.92 Å². The van der Waals surface area contributed by atoms with Crippen molar-refractivity contribution in [1.29, 1.82) is 0 Å². The fraction of sp³-hybridized carbons (Fsp3) is 0.217. The molecule has 0 unspecified atom stereocenters. The smallest absolute Gasteiger partial charge is 0.291 e. The fourth-order valence-electron chi connectivity index (χ4n) is 3.83. The van der Waals surface area contributed by atoms with Crippen LogP contribution in [0.1, 0.15) is 30.9 Å². The Labute approximate surface area is 177 Å². The largest absolute Gasteiger partial charge is 0.308 e. The zero-order valence-electron chi connectivity index (χ0n) is 16.8. The highest BCUT2D eigenvalue weighted by Crippen LogP contribution is 2.35. The molecular weight excluding hydrogens is 396 g/mol. The van der Waals surface area contributed by atoms with E-state index in [0.29, 0.717) is 27.4 Å². The van der Waals surface area contributed by atoms with Gasteiger partial charge in [0.05, 0.1) is 11.3 Å². The molecule has 0 atom stereocenters. The van der Waals surface area contributed by atoms with Gasteiger partial charge >= 0.3 is 0 Å². The monoisotopic (exact) mass is 416 g/mol. The van der Waals surface area contributed by atoms with E-state index in [2.05, 4.69) is 17.0 Å². The predicted octanol–water partition coefficient (Wildman–Crippen LogP) is 3.19. The average Bonchev–Trinajstić information content (AvgIpc) is 3.37. The molecule has 0 saturated heterocycles. The number of anilines is 1. The Balaban J connectivity index is 1.69. The van der Waals surface area contributed by atoms with Crippen molar-refractivity contribution >= 4 is 33.5 Å². The molecule has 0 aliphatic carbocycles. The van der Waals surface area contributed by atoms with Crippen LogP contribution < -0.4 is 15.0 Å². The number of para-hydroxylation sites is 1. The number of nitrogens with zero attached hydrogens (tertiary/aromatic N) is 4. The lowest BCUT2D eigenvalue weighted by Crippen LogP contribution is -2.33. The van der Waals surface area contributed by atoms with Crippen LogP contribution in [0.25, 0.3) is 21.9 Å². The minimum Gasteiger partial charge on any atom is -0.308 e. The molecule has 7 heteroatoms. The van der Waals surface area contributed by atoms with Crippen molar-refractivity contribution < 1.29 is 4.79 Å². The van der Waals surface area contributed by atoms with E-state index in [1.54, 1.807) is 4.90 Å². The normalized spacial score (nSPS) is 15.3. The summed E-state index contributed by atoms with van der Waals surface area (Å²) >= 11 is 1.23. The minimum atomic E-state index is -0.295. The van der Waals surface area contributed by atoms with Gasteiger partial charge in [-0.05, 0) is 25.5 Å². The SMILES string of the molecule is CCCCN1C(=O)C(=c2sc3nc(-c4cccc(C)c4)nn3c2=O)c2ccccc21. The maximum atomic E-state index is 13.3. The summed E-state index contributed by atoms with van der Waals surface area (Å²) < 4.78 is 1.71. The molecule has 0 N–H and O–H groups in total. The summed E-state index contributed by atoms with van der Waals surface area (Å²) in [5, 5.41) is 4.43. The zero-order chi connectivity index (χ0) is 20.8. The van der Waals surface area contributed by atoms with Crippen LogP contribution in [0.3, 0.4) is 0 Å². The van der Waals surface area contributed by atoms with Crippen LogP contribution in [0.2, 0.25) is 0 Å². The van der Waals surface area contributed by atoms with Gasteiger partial charge in [0, 0.05) is 17.7 Å². The molecule has 150 valence electrons. The van der Waals surface area contributed by atoms with Crippen molar-refractivity contribution in [2.24, 2.45) is 0 Å². The second-order valence-corrected chi connectivity index (χ2v) is 8.42. The van der Waals surface area contributed by atoms with Crippen LogP contribution in [0.5, 0.6) is 0 Å². The minimum absolute atomic E-state index is 0.120. The van der Waals surface area contributed by atoms with Crippen LogP contribution in [0.4, 0.5) is 5.69 Å². The van der Waals surface area contributed by atoms with E-state index >= 15 is 0 Å². The molecule has 5 rings (SSSR count). The maximum absolute atomic E-state index is 13.3. The number of unbranched alkanes of at least 4 members (excludes halogenated alkanes) is 1. The Morgan fingerprint density at radius 1 is 1.07 bits per heavy atom. The molecule has 3 heterocycles. The van der Waals surface area contributed by atoms with Gasteiger partial charge < -0.3 is 4.90 Å². The Kier molecular flexibility index (Phi) is 4.47. The lowest BCUT2D eigenvalue weighted by molar-refractivity contribution is -0.113. The molecule has 1 aliphatic heterocycles. The molecule has 0 bridgehead atoms. The summed E-state index contributed by atoms with van der Waals surface area (Å²) in [4.78, 5) is 33.3. The van der Waals surface area contributed by atoms with Crippen LogP contribution in [-0.2, 0) is 4.79 Å². The second kappa shape index (κ2) is 7.18. The summed E-state index contributed by atoms with van der Waals surface area (Å²) in [5.41, 5.74) is 3.80. The molecule has 6 nitrogen and oxygen atoms in total. The number of hydrogen-bond acceptors (Lipinski definition) is 5. The third kappa shape index (κ3) is 2.85. The van der Waals surface area contributed by atoms with Crippen LogP contribution in [0.15, 0.2) is 53.3 Å². The van der Waals surface area contributed by atoms with E-state index in [9.17, 15) is 9.59 Å². The number of aromatic nitrogens is 3. The topological polar surface area (TPSA) is 67.6 Å². The standard InChI is InChI=1S/C23H20N4O2S/c1-3-4-12-26-17-11-6-5-10-16(17)18(21(26)28)19-22(29)27-23(30-19)24-20(25-27)15-9-7-8-14(2)13-15/h5-11,13H,3-4,12H2,1-2H3. The van der Waals surface area contributed by atoms with Crippen molar-refractivity contribution in [3.8, 4) is 11.4 Å². The third-order valence-corrected chi connectivity index (χ3v) is 6.35. The summed E-state index contributed by atoms with van der Waals surface area (Å²) in [6, 6.07) is 15.5. The molecule has 0 radical (unpaired) electrons. The van der Waals surface area contributed by atoms with Crippen molar-refractivity contribution in [1.82, 2.24) is 14.6 Å². The predicted molar refractivity (Wildman–Crippen MR) is 119 cm³/mol. The Morgan fingerprint density at radius 3 is 2.67 bits per heavy atom. The summed E-state index contributed by atoms with van der Waals surface area (Å²) in [6.45, 7) is 4.74. The number of thiazole rings is 1. The molecule has 1 aliphatic rings. The molecule has 2 aromatic heterocycles. The first-order chi connectivity index (χ1) is 14.6. The number of carbonyl (C=O) groups excluding carboxylic acids is 1. The van der Waals surface area contributed by atoms with E-state index in [1.807, 2.05) is 55.5 Å². The van der Waals surface area contributed by atoms with E-state index in [1.165, 1.54) is 15.9 Å². The van der Waals surface area contributed by atoms with Gasteiger partial charge in [-0.25, -0.2) is 0 Å². The molecule has 4 aromatic rings. The first kappa shape index (κ1) is 18.7. The highest BCUT2D eigenvalue weighted by atomic mass is 32.1.